The van der Waals surface area contributed by atoms with Gasteiger partial charge in [0.05, 0.1) is 31.1 Å². The zero-order valence-electron chi connectivity index (χ0n) is 27.9. The fourth-order valence-electron chi connectivity index (χ4n) is 6.09. The number of ether oxygens (including phenoxy) is 3. The molecule has 0 spiro atoms. The molecule has 0 N–H and O–H groups in total. The zero-order chi connectivity index (χ0) is 34.6. The van der Waals surface area contributed by atoms with Crippen molar-refractivity contribution >= 4 is 45.0 Å². The molecule has 2 heterocycles. The lowest BCUT2D eigenvalue weighted by Crippen LogP contribution is -2.49. The van der Waals surface area contributed by atoms with Gasteiger partial charge in [0.15, 0.2) is 5.84 Å². The van der Waals surface area contributed by atoms with Gasteiger partial charge in [-0.2, -0.15) is 0 Å². The van der Waals surface area contributed by atoms with E-state index in [0.717, 1.165) is 26.2 Å². The quantitative estimate of drug-likeness (QED) is 0.223. The molecule has 13 heteroatoms. The summed E-state index contributed by atoms with van der Waals surface area (Å²) in [6, 6.07) is 17.4. The van der Waals surface area contributed by atoms with Crippen molar-refractivity contribution in [1.29, 1.82) is 0 Å². The van der Waals surface area contributed by atoms with Crippen molar-refractivity contribution in [2.45, 2.75) is 38.5 Å². The highest BCUT2D eigenvalue weighted by Gasteiger charge is 2.60. The summed E-state index contributed by atoms with van der Waals surface area (Å²) in [6.45, 7) is 8.97. The van der Waals surface area contributed by atoms with Crippen molar-refractivity contribution in [2.75, 3.05) is 59.2 Å². The Morgan fingerprint density at radius 2 is 1.60 bits per heavy atom. The van der Waals surface area contributed by atoms with E-state index < -0.39 is 27.6 Å². The van der Waals surface area contributed by atoms with Gasteiger partial charge < -0.3 is 19.1 Å². The zero-order valence-corrected chi connectivity index (χ0v) is 30.2. The van der Waals surface area contributed by atoms with Crippen LogP contribution in [0.5, 0.6) is 11.5 Å². The first-order valence-electron chi connectivity index (χ1n) is 16.0. The number of piperazine rings is 1. The molecule has 0 aromatic heterocycles. The fraction of sp³-hybridized carbons (Fsp3) is 0.429. The third-order valence-electron chi connectivity index (χ3n) is 8.53. The fourth-order valence-corrected chi connectivity index (χ4v) is 8.02. The molecule has 1 fully saturated rings. The van der Waals surface area contributed by atoms with Crippen molar-refractivity contribution in [1.82, 2.24) is 14.1 Å². The average molecular weight is 718 g/mol. The van der Waals surface area contributed by atoms with Crippen molar-refractivity contribution in [3.05, 3.63) is 93.5 Å². The van der Waals surface area contributed by atoms with Gasteiger partial charge in [-0.05, 0) is 75.3 Å². The molecule has 0 saturated carbocycles. The number of aliphatic imine (C=N–C) groups is 1. The van der Waals surface area contributed by atoms with Crippen LogP contribution >= 0.6 is 23.2 Å². The first-order chi connectivity index (χ1) is 22.9. The molecule has 2 aliphatic heterocycles. The molecule has 258 valence electrons. The summed E-state index contributed by atoms with van der Waals surface area (Å²) in [5.41, 5.74) is -0.560. The smallest absolute Gasteiger partial charge is 0.341 e. The molecule has 1 saturated heterocycles. The molecule has 3 aromatic rings. The first kappa shape index (κ1) is 35.9. The summed E-state index contributed by atoms with van der Waals surface area (Å²) in [5, 5.41) is 0.904. The van der Waals surface area contributed by atoms with Gasteiger partial charge in [-0.15, -0.1) is 0 Å². The monoisotopic (exact) mass is 716 g/mol. The number of carbonyl (C=O) groups is 1. The second-order valence-corrected chi connectivity index (χ2v) is 15.0. The van der Waals surface area contributed by atoms with E-state index >= 15 is 0 Å². The highest BCUT2D eigenvalue weighted by Crippen LogP contribution is 2.52. The second-order valence-electron chi connectivity index (χ2n) is 12.2. The second kappa shape index (κ2) is 15.0. The molecule has 48 heavy (non-hydrogen) atoms. The number of halogens is 2. The van der Waals surface area contributed by atoms with Crippen LogP contribution in [0, 0.1) is 0 Å². The predicted molar refractivity (Wildman–Crippen MR) is 189 cm³/mol. The molecule has 5 rings (SSSR count). The van der Waals surface area contributed by atoms with Crippen LogP contribution in [0.2, 0.25) is 10.0 Å². The van der Waals surface area contributed by atoms with E-state index in [1.807, 2.05) is 13.8 Å². The Balaban J connectivity index is 1.79. The summed E-state index contributed by atoms with van der Waals surface area (Å²) in [7, 11) is -0.589. The van der Waals surface area contributed by atoms with E-state index in [-0.39, 0.29) is 24.3 Å². The molecule has 2 aliphatic rings. The van der Waals surface area contributed by atoms with Gasteiger partial charge in [0.2, 0.25) is 15.6 Å². The number of nitrogens with zero attached hydrogens (tertiary/aromatic N) is 4. The number of methoxy groups -OCH3 is 1. The maximum Gasteiger partial charge on any atom is 0.341 e. The Hall–Kier alpha value is -3.35. The molecule has 0 bridgehead atoms. The van der Waals surface area contributed by atoms with Gasteiger partial charge in [0.1, 0.15) is 17.5 Å². The third kappa shape index (κ3) is 7.45. The Morgan fingerprint density at radius 3 is 2.19 bits per heavy atom. The van der Waals surface area contributed by atoms with E-state index in [1.54, 1.807) is 80.8 Å². The molecule has 0 amide bonds. The number of hydrogen-bond acceptors (Lipinski definition) is 9. The van der Waals surface area contributed by atoms with Crippen LogP contribution in [0.3, 0.4) is 0 Å². The Kier molecular flexibility index (Phi) is 11.3. The number of rotatable bonds is 12. The average Bonchev–Trinajstić information content (AvgIpc) is 3.43. The summed E-state index contributed by atoms with van der Waals surface area (Å²) < 4.78 is 48.6. The number of amidine groups is 1. The topological polar surface area (TPSA) is 101 Å². The summed E-state index contributed by atoms with van der Waals surface area (Å²) in [6.07, 6.45) is -0.265. The number of benzene rings is 3. The molecular weight excluding hydrogens is 675 g/mol. The van der Waals surface area contributed by atoms with Crippen molar-refractivity contribution in [3.63, 3.8) is 0 Å². The molecule has 0 radical (unpaired) electrons. The first-order valence-corrected chi connectivity index (χ1v) is 18.3. The van der Waals surface area contributed by atoms with Gasteiger partial charge in [-0.1, -0.05) is 47.5 Å². The van der Waals surface area contributed by atoms with Crippen LogP contribution in [-0.2, 0) is 25.1 Å². The van der Waals surface area contributed by atoms with Gasteiger partial charge >= 0.3 is 5.97 Å². The highest BCUT2D eigenvalue weighted by molar-refractivity contribution is 7.89. The molecule has 2 unspecified atom stereocenters. The molecule has 2 atom stereocenters. The van der Waals surface area contributed by atoms with E-state index in [1.165, 1.54) is 4.31 Å². The molecule has 0 aliphatic carbocycles. The molecule has 3 aromatic carbocycles. The number of sulfonamides is 1. The lowest BCUT2D eigenvalue weighted by molar-refractivity contribution is -0.151. The molecule has 10 nitrogen and oxygen atoms in total. The van der Waals surface area contributed by atoms with Gasteiger partial charge in [-0.25, -0.2) is 22.5 Å². The maximum absolute atomic E-state index is 14.9. The van der Waals surface area contributed by atoms with Gasteiger partial charge in [0.25, 0.3) is 0 Å². The summed E-state index contributed by atoms with van der Waals surface area (Å²) in [4.78, 5) is 24.0. The normalized spacial score (nSPS) is 20.5. The van der Waals surface area contributed by atoms with Gasteiger partial charge in [-0.3, -0.25) is 4.90 Å². The van der Waals surface area contributed by atoms with Crippen LogP contribution in [0.4, 0.5) is 0 Å². The Morgan fingerprint density at radius 1 is 0.979 bits per heavy atom. The Labute approximate surface area is 293 Å². The van der Waals surface area contributed by atoms with E-state index in [2.05, 4.69) is 16.8 Å². The third-order valence-corrected chi connectivity index (χ3v) is 10.7. The highest BCUT2D eigenvalue weighted by atomic mass is 35.5. The van der Waals surface area contributed by atoms with Crippen LogP contribution < -0.4 is 9.47 Å². The lowest BCUT2D eigenvalue weighted by atomic mass is 9.80. The Bertz CT molecular complexity index is 1730. The number of hydrogen-bond donors (Lipinski definition) is 0. The summed E-state index contributed by atoms with van der Waals surface area (Å²) >= 11 is 12.6. The SMILES string of the molecule is CCOC(=O)C1(c2ccc(Cl)cc2)N=C(c2ccc(OC)cc2OC(C)C)N(S(=O)(=O)CCN2CCN(C)CC2)C1c1ccc(Cl)cc1. The van der Waals surface area contributed by atoms with E-state index in [0.29, 0.717) is 44.8 Å². The van der Waals surface area contributed by atoms with Gasteiger partial charge in [0, 0.05) is 48.8 Å². The van der Waals surface area contributed by atoms with Crippen LogP contribution in [0.25, 0.3) is 0 Å². The minimum atomic E-state index is -4.18. The van der Waals surface area contributed by atoms with Crippen molar-refractivity contribution in [3.8, 4) is 11.5 Å². The number of esters is 1. The van der Waals surface area contributed by atoms with Crippen LogP contribution in [-0.4, -0.2) is 99.7 Å². The number of carbonyl (C=O) groups excluding carboxylic acids is 1. The minimum Gasteiger partial charge on any atom is -0.497 e. The number of likely N-dealkylation sites (N-methyl/N-ethyl adjacent to an activating group) is 1. The predicted octanol–water partition coefficient (Wildman–Crippen LogP) is 5.63. The van der Waals surface area contributed by atoms with Crippen LogP contribution in [0.1, 0.15) is 43.5 Å². The molecular formula is C35H42Cl2N4O6S. The summed E-state index contributed by atoms with van der Waals surface area (Å²) in [5.74, 6) is 0.000611. The van der Waals surface area contributed by atoms with Crippen molar-refractivity contribution in [2.24, 2.45) is 4.99 Å². The maximum atomic E-state index is 14.9. The largest absolute Gasteiger partial charge is 0.497 e. The lowest BCUT2D eigenvalue weighted by Gasteiger charge is -2.37. The van der Waals surface area contributed by atoms with E-state index in [9.17, 15) is 13.2 Å². The van der Waals surface area contributed by atoms with E-state index in [4.69, 9.17) is 42.4 Å². The standard InChI is InChI=1S/C35H42Cl2N4O6S/c1-6-46-34(42)35(26-9-13-28(37)14-10-26)32(25-7-11-27(36)12-8-25)41(48(43,44)22-21-40-19-17-39(4)18-20-40)33(38-35)30-16-15-29(45-5)23-31(30)47-24(2)3/h7-16,23-24,32H,6,17-22H2,1-5H3. The van der Waals surface area contributed by atoms with Crippen LogP contribution in [0.15, 0.2) is 71.7 Å². The minimum absolute atomic E-state index is 0.0484. The van der Waals surface area contributed by atoms with Crippen molar-refractivity contribution < 1.29 is 27.4 Å².